The van der Waals surface area contributed by atoms with Gasteiger partial charge in [-0.15, -0.1) is 0 Å². The first-order valence-electron chi connectivity index (χ1n) is 8.42. The van der Waals surface area contributed by atoms with Gasteiger partial charge in [0.2, 0.25) is 0 Å². The van der Waals surface area contributed by atoms with E-state index in [1.165, 1.54) is 0 Å². The number of aliphatic carboxylic acids is 1. The Morgan fingerprint density at radius 1 is 1.08 bits per heavy atom. The number of carboxylic acid groups (broad SMARTS) is 1. The predicted octanol–water partition coefficient (Wildman–Crippen LogP) is 1.90. The molecule has 1 aromatic rings. The first-order valence-corrected chi connectivity index (χ1v) is 8.42. The highest BCUT2D eigenvalue weighted by Crippen LogP contribution is 2.25. The minimum Gasteiger partial charge on any atom is -0.481 e. The van der Waals surface area contributed by atoms with Crippen molar-refractivity contribution >= 4 is 17.8 Å². The van der Waals surface area contributed by atoms with Crippen molar-refractivity contribution in [1.29, 1.82) is 0 Å². The number of amides is 2. The summed E-state index contributed by atoms with van der Waals surface area (Å²) in [6.45, 7) is 2.35. The Hall–Kier alpha value is -2.37. The van der Waals surface area contributed by atoms with Crippen LogP contribution in [0.5, 0.6) is 0 Å². The second kappa shape index (κ2) is 6.63. The average Bonchev–Trinajstić information content (AvgIpc) is 3.38. The lowest BCUT2D eigenvalue weighted by Gasteiger charge is -2.37. The van der Waals surface area contributed by atoms with E-state index in [1.807, 2.05) is 0 Å². The Labute approximate surface area is 140 Å². The fraction of sp³-hybridized carbons (Fsp3) is 0.500. The van der Waals surface area contributed by atoms with Crippen molar-refractivity contribution in [3.05, 3.63) is 35.4 Å². The molecule has 0 radical (unpaired) electrons. The fourth-order valence-corrected chi connectivity index (χ4v) is 3.19. The first-order chi connectivity index (χ1) is 11.5. The maximum atomic E-state index is 12.7. The fourth-order valence-electron chi connectivity index (χ4n) is 3.19. The molecule has 2 aliphatic rings. The van der Waals surface area contributed by atoms with E-state index in [9.17, 15) is 19.5 Å². The molecule has 0 bridgehead atoms. The number of nitrogens with zero attached hydrogens (tertiary/aromatic N) is 1. The second-order valence-corrected chi connectivity index (χ2v) is 6.65. The van der Waals surface area contributed by atoms with Crippen LogP contribution in [0.25, 0.3) is 0 Å². The van der Waals surface area contributed by atoms with Gasteiger partial charge in [0.05, 0.1) is 5.92 Å². The zero-order valence-electron chi connectivity index (χ0n) is 13.7. The van der Waals surface area contributed by atoms with Crippen LogP contribution in [0, 0.1) is 5.92 Å². The summed E-state index contributed by atoms with van der Waals surface area (Å²) in [4.78, 5) is 37.6. The molecule has 1 aliphatic heterocycles. The Kier molecular flexibility index (Phi) is 4.55. The van der Waals surface area contributed by atoms with Crippen LogP contribution in [-0.2, 0) is 4.79 Å². The molecule has 0 unspecified atom stereocenters. The van der Waals surface area contributed by atoms with E-state index in [4.69, 9.17) is 0 Å². The summed E-state index contributed by atoms with van der Waals surface area (Å²) in [5, 5.41) is 12.2. The van der Waals surface area contributed by atoms with Gasteiger partial charge >= 0.3 is 5.97 Å². The molecule has 1 aromatic carbocycles. The molecule has 2 N–H and O–H groups in total. The van der Waals surface area contributed by atoms with Gasteiger partial charge in [-0.25, -0.2) is 0 Å². The second-order valence-electron chi connectivity index (χ2n) is 6.65. The van der Waals surface area contributed by atoms with E-state index >= 15 is 0 Å². The monoisotopic (exact) mass is 330 g/mol. The highest BCUT2D eigenvalue weighted by molar-refractivity contribution is 5.98. The van der Waals surface area contributed by atoms with Crippen molar-refractivity contribution in [3.8, 4) is 0 Å². The van der Waals surface area contributed by atoms with Crippen LogP contribution in [0.3, 0.4) is 0 Å². The van der Waals surface area contributed by atoms with Crippen molar-refractivity contribution in [2.45, 2.75) is 44.7 Å². The minimum absolute atomic E-state index is 0.117. The molecule has 2 atom stereocenters. The molecule has 2 fully saturated rings. The first kappa shape index (κ1) is 16.5. The van der Waals surface area contributed by atoms with E-state index in [0.29, 0.717) is 36.6 Å². The van der Waals surface area contributed by atoms with Crippen LogP contribution in [0.2, 0.25) is 0 Å². The third-order valence-corrected chi connectivity index (χ3v) is 4.87. The standard InChI is InChI=1S/C18H22N2O4/c1-11-15(18(23)24)3-2-10-20(11)17(22)13-6-4-12(5-7-13)16(21)19-14-8-9-14/h4-7,11,14-15H,2-3,8-10H2,1H3,(H,19,21)(H,23,24)/t11-,15-/m1/s1. The molecule has 1 saturated heterocycles. The summed E-state index contributed by atoms with van der Waals surface area (Å²) in [7, 11) is 0. The molecule has 6 heteroatoms. The van der Waals surface area contributed by atoms with Crippen molar-refractivity contribution in [1.82, 2.24) is 10.2 Å². The van der Waals surface area contributed by atoms with E-state index < -0.39 is 11.9 Å². The van der Waals surface area contributed by atoms with Crippen molar-refractivity contribution in [2.24, 2.45) is 5.92 Å². The van der Waals surface area contributed by atoms with Crippen LogP contribution in [0.4, 0.5) is 0 Å². The van der Waals surface area contributed by atoms with Crippen molar-refractivity contribution < 1.29 is 19.5 Å². The van der Waals surface area contributed by atoms with Crippen molar-refractivity contribution in [3.63, 3.8) is 0 Å². The molecule has 6 nitrogen and oxygen atoms in total. The molecule has 1 saturated carbocycles. The maximum Gasteiger partial charge on any atom is 0.308 e. The maximum absolute atomic E-state index is 12.7. The topological polar surface area (TPSA) is 86.7 Å². The molecule has 128 valence electrons. The summed E-state index contributed by atoms with van der Waals surface area (Å²) in [6.07, 6.45) is 3.34. The number of carboxylic acids is 1. The molecule has 1 heterocycles. The van der Waals surface area contributed by atoms with Crippen molar-refractivity contribution in [2.75, 3.05) is 6.54 Å². The third-order valence-electron chi connectivity index (χ3n) is 4.87. The number of rotatable bonds is 4. The predicted molar refractivity (Wildman–Crippen MR) is 87.8 cm³/mol. The zero-order valence-corrected chi connectivity index (χ0v) is 13.7. The molecular weight excluding hydrogens is 308 g/mol. The molecule has 2 amide bonds. The van der Waals surface area contributed by atoms with Gasteiger partial charge in [0, 0.05) is 29.8 Å². The van der Waals surface area contributed by atoms with Gasteiger partial charge in [-0.2, -0.15) is 0 Å². The van der Waals surface area contributed by atoms with E-state index in [2.05, 4.69) is 5.32 Å². The quantitative estimate of drug-likeness (QED) is 0.883. The van der Waals surface area contributed by atoms with Gasteiger partial charge in [0.1, 0.15) is 0 Å². The van der Waals surface area contributed by atoms with Gasteiger partial charge in [0.25, 0.3) is 11.8 Å². The van der Waals surface area contributed by atoms with Gasteiger partial charge in [-0.05, 0) is 56.9 Å². The van der Waals surface area contributed by atoms with Gasteiger partial charge in [-0.3, -0.25) is 14.4 Å². The molecule has 24 heavy (non-hydrogen) atoms. The molecule has 0 aromatic heterocycles. The largest absolute Gasteiger partial charge is 0.481 e. The van der Waals surface area contributed by atoms with Gasteiger partial charge in [0.15, 0.2) is 0 Å². The Bertz CT molecular complexity index is 651. The summed E-state index contributed by atoms with van der Waals surface area (Å²) >= 11 is 0. The van der Waals surface area contributed by atoms with Crippen LogP contribution >= 0.6 is 0 Å². The number of piperidine rings is 1. The Balaban J connectivity index is 1.69. The highest BCUT2D eigenvalue weighted by atomic mass is 16.4. The number of carbonyl (C=O) groups is 3. The molecule has 1 aliphatic carbocycles. The molecule has 0 spiro atoms. The normalized spacial score (nSPS) is 23.6. The minimum atomic E-state index is -0.855. The number of likely N-dealkylation sites (tertiary alicyclic amines) is 1. The lowest BCUT2D eigenvalue weighted by atomic mass is 9.90. The number of hydrogen-bond donors (Lipinski definition) is 2. The third kappa shape index (κ3) is 3.42. The zero-order chi connectivity index (χ0) is 17.3. The van der Waals surface area contributed by atoms with Crippen LogP contribution in [0.15, 0.2) is 24.3 Å². The number of benzene rings is 1. The number of nitrogens with one attached hydrogen (secondary N) is 1. The molecular formula is C18H22N2O4. The Morgan fingerprint density at radius 2 is 1.71 bits per heavy atom. The summed E-state index contributed by atoms with van der Waals surface area (Å²) in [5.74, 6) is -1.67. The van der Waals surface area contributed by atoms with Crippen LogP contribution < -0.4 is 5.32 Å². The number of carbonyl (C=O) groups excluding carboxylic acids is 2. The highest BCUT2D eigenvalue weighted by Gasteiger charge is 2.35. The smallest absolute Gasteiger partial charge is 0.308 e. The van der Waals surface area contributed by atoms with E-state index in [1.54, 1.807) is 36.1 Å². The van der Waals surface area contributed by atoms with Gasteiger partial charge in [-0.1, -0.05) is 0 Å². The molecule has 3 rings (SSSR count). The van der Waals surface area contributed by atoms with E-state index in [-0.39, 0.29) is 17.9 Å². The summed E-state index contributed by atoms with van der Waals surface area (Å²) in [5.41, 5.74) is 1.02. The Morgan fingerprint density at radius 3 is 2.29 bits per heavy atom. The lowest BCUT2D eigenvalue weighted by molar-refractivity contribution is -0.144. The average molecular weight is 330 g/mol. The van der Waals surface area contributed by atoms with E-state index in [0.717, 1.165) is 12.8 Å². The summed E-state index contributed by atoms with van der Waals surface area (Å²) in [6, 6.07) is 6.54. The van der Waals surface area contributed by atoms with Crippen LogP contribution in [0.1, 0.15) is 53.3 Å². The van der Waals surface area contributed by atoms with Gasteiger partial charge < -0.3 is 15.3 Å². The summed E-state index contributed by atoms with van der Waals surface area (Å²) < 4.78 is 0. The number of hydrogen-bond acceptors (Lipinski definition) is 3. The SMILES string of the molecule is C[C@@H]1[C@H](C(=O)O)CCCN1C(=O)c1ccc(C(=O)NC2CC2)cc1. The van der Waals surface area contributed by atoms with Crippen LogP contribution in [-0.4, -0.2) is 46.4 Å². The lowest BCUT2D eigenvalue weighted by Crippen LogP contribution is -2.49.